The summed E-state index contributed by atoms with van der Waals surface area (Å²) in [6.45, 7) is 5.86. The van der Waals surface area contributed by atoms with Crippen LogP contribution in [-0.4, -0.2) is 31.0 Å². The standard InChI is InChI=1S/C17H22F2N2O4.C2H6/c1-4-16(9-17(18,19)10-16)8-13(20-2)12-6-5-11(15(22)25-3)7-14(12)21(23)24;1-2/h5-7,13,20H,4,8-10H2,1-3H3;1-2H3. The number of halogens is 2. The highest BCUT2D eigenvalue weighted by molar-refractivity contribution is 5.90. The van der Waals surface area contributed by atoms with E-state index in [0.29, 0.717) is 18.4 Å². The van der Waals surface area contributed by atoms with Crippen LogP contribution in [0.15, 0.2) is 18.2 Å². The molecule has 0 aromatic heterocycles. The molecular formula is C19H28F2N2O4. The van der Waals surface area contributed by atoms with E-state index in [2.05, 4.69) is 10.1 Å². The molecular weight excluding hydrogens is 358 g/mol. The second-order valence-electron chi connectivity index (χ2n) is 6.63. The van der Waals surface area contributed by atoms with Crippen molar-refractivity contribution in [1.82, 2.24) is 5.32 Å². The third-order valence-electron chi connectivity index (χ3n) is 5.03. The lowest BCUT2D eigenvalue weighted by molar-refractivity contribution is -0.385. The predicted octanol–water partition coefficient (Wildman–Crippen LogP) is 4.88. The summed E-state index contributed by atoms with van der Waals surface area (Å²) in [4.78, 5) is 22.5. The molecule has 6 nitrogen and oxygen atoms in total. The summed E-state index contributed by atoms with van der Waals surface area (Å²) in [7, 11) is 2.84. The van der Waals surface area contributed by atoms with Crippen molar-refractivity contribution in [2.45, 2.75) is 58.4 Å². The Balaban J connectivity index is 0.00000176. The lowest BCUT2D eigenvalue weighted by atomic mass is 9.61. The van der Waals surface area contributed by atoms with Gasteiger partial charge in [0.05, 0.1) is 17.6 Å². The normalized spacial score (nSPS) is 17.7. The van der Waals surface area contributed by atoms with Gasteiger partial charge in [-0.15, -0.1) is 0 Å². The molecule has 1 unspecified atom stereocenters. The van der Waals surface area contributed by atoms with Gasteiger partial charge in [0.25, 0.3) is 5.69 Å². The number of nitrogens with one attached hydrogen (secondary N) is 1. The molecule has 1 aromatic rings. The minimum absolute atomic E-state index is 0.0770. The highest BCUT2D eigenvalue weighted by Gasteiger charge is 2.55. The molecule has 1 N–H and O–H groups in total. The second kappa shape index (κ2) is 9.21. The first kappa shape index (κ1) is 23.0. The molecule has 1 fully saturated rings. The Morgan fingerprint density at radius 3 is 2.37 bits per heavy atom. The van der Waals surface area contributed by atoms with E-state index < -0.39 is 28.3 Å². The van der Waals surface area contributed by atoms with Crippen molar-refractivity contribution in [3.05, 3.63) is 39.4 Å². The molecule has 1 saturated carbocycles. The molecule has 0 heterocycles. The third kappa shape index (κ3) is 5.22. The number of carbonyl (C=O) groups is 1. The maximum Gasteiger partial charge on any atom is 0.338 e. The van der Waals surface area contributed by atoms with Crippen LogP contribution >= 0.6 is 0 Å². The first-order chi connectivity index (χ1) is 12.7. The van der Waals surface area contributed by atoms with Gasteiger partial charge in [-0.1, -0.05) is 20.8 Å². The van der Waals surface area contributed by atoms with Crippen LogP contribution in [0.25, 0.3) is 0 Å². The van der Waals surface area contributed by atoms with Crippen LogP contribution in [0.4, 0.5) is 14.5 Å². The Labute approximate surface area is 158 Å². The lowest BCUT2D eigenvalue weighted by Gasteiger charge is -2.48. The Morgan fingerprint density at radius 1 is 1.37 bits per heavy atom. The second-order valence-corrected chi connectivity index (χ2v) is 6.63. The summed E-state index contributed by atoms with van der Waals surface area (Å²) in [5, 5.41) is 14.4. The number of benzene rings is 1. The molecule has 1 aliphatic rings. The largest absolute Gasteiger partial charge is 0.465 e. The highest BCUT2D eigenvalue weighted by atomic mass is 19.3. The maximum absolute atomic E-state index is 13.4. The van der Waals surface area contributed by atoms with Crippen LogP contribution in [0.2, 0.25) is 0 Å². The van der Waals surface area contributed by atoms with Gasteiger partial charge in [-0.05, 0) is 37.4 Å². The zero-order valence-electron chi connectivity index (χ0n) is 16.5. The molecule has 0 radical (unpaired) electrons. The van der Waals surface area contributed by atoms with Gasteiger partial charge in [0.1, 0.15) is 0 Å². The van der Waals surface area contributed by atoms with Gasteiger partial charge < -0.3 is 10.1 Å². The summed E-state index contributed by atoms with van der Waals surface area (Å²) >= 11 is 0. The predicted molar refractivity (Wildman–Crippen MR) is 99.1 cm³/mol. The topological polar surface area (TPSA) is 81.5 Å². The van der Waals surface area contributed by atoms with Crippen molar-refractivity contribution in [2.75, 3.05) is 14.2 Å². The van der Waals surface area contributed by atoms with E-state index in [9.17, 15) is 23.7 Å². The van der Waals surface area contributed by atoms with Crippen LogP contribution < -0.4 is 5.32 Å². The number of ether oxygens (including phenoxy) is 1. The van der Waals surface area contributed by atoms with Crippen LogP contribution in [0.3, 0.4) is 0 Å². The Bertz CT molecular complexity index is 672. The van der Waals surface area contributed by atoms with Crippen molar-refractivity contribution < 1.29 is 23.2 Å². The number of nitro groups is 1. The van der Waals surface area contributed by atoms with Crippen molar-refractivity contribution in [3.8, 4) is 0 Å². The molecule has 0 bridgehead atoms. The van der Waals surface area contributed by atoms with E-state index in [1.807, 2.05) is 20.8 Å². The quantitative estimate of drug-likeness (QED) is 0.410. The van der Waals surface area contributed by atoms with Crippen LogP contribution in [0, 0.1) is 15.5 Å². The summed E-state index contributed by atoms with van der Waals surface area (Å²) in [5.74, 6) is -3.33. The fraction of sp³-hybridized carbons (Fsp3) is 0.632. The number of esters is 1. The van der Waals surface area contributed by atoms with Gasteiger partial charge in [-0.25, -0.2) is 13.6 Å². The van der Waals surface area contributed by atoms with E-state index in [0.717, 1.165) is 0 Å². The molecule has 1 aromatic carbocycles. The van der Waals surface area contributed by atoms with Crippen molar-refractivity contribution in [2.24, 2.45) is 5.41 Å². The number of methoxy groups -OCH3 is 1. The van der Waals surface area contributed by atoms with E-state index in [1.165, 1.54) is 25.3 Å². The minimum atomic E-state index is -2.66. The molecule has 1 atom stereocenters. The average molecular weight is 386 g/mol. The lowest BCUT2D eigenvalue weighted by Crippen LogP contribution is -2.47. The first-order valence-electron chi connectivity index (χ1n) is 9.09. The van der Waals surface area contributed by atoms with Crippen molar-refractivity contribution in [1.29, 1.82) is 0 Å². The maximum atomic E-state index is 13.4. The zero-order valence-corrected chi connectivity index (χ0v) is 16.5. The first-order valence-corrected chi connectivity index (χ1v) is 9.09. The van der Waals surface area contributed by atoms with Crippen LogP contribution in [-0.2, 0) is 4.74 Å². The Hall–Kier alpha value is -2.09. The Morgan fingerprint density at radius 2 is 1.96 bits per heavy atom. The van der Waals surface area contributed by atoms with E-state index in [4.69, 9.17) is 0 Å². The monoisotopic (exact) mass is 386 g/mol. The minimum Gasteiger partial charge on any atom is -0.465 e. The summed E-state index contributed by atoms with van der Waals surface area (Å²) in [6, 6.07) is 3.65. The van der Waals surface area contributed by atoms with Gasteiger partial charge >= 0.3 is 5.97 Å². The van der Waals surface area contributed by atoms with Crippen LogP contribution in [0.5, 0.6) is 0 Å². The smallest absolute Gasteiger partial charge is 0.338 e. The number of nitro benzene ring substituents is 1. The van der Waals surface area contributed by atoms with Gasteiger partial charge in [0, 0.05) is 30.5 Å². The fourth-order valence-corrected chi connectivity index (χ4v) is 3.63. The number of hydrogen-bond donors (Lipinski definition) is 1. The molecule has 0 saturated heterocycles. The number of rotatable bonds is 7. The molecule has 2 rings (SSSR count). The van der Waals surface area contributed by atoms with E-state index in [-0.39, 0.29) is 24.1 Å². The molecule has 0 aliphatic heterocycles. The van der Waals surface area contributed by atoms with Crippen molar-refractivity contribution in [3.63, 3.8) is 0 Å². The molecule has 8 heteroatoms. The number of carbonyl (C=O) groups excluding carboxylic acids is 1. The highest BCUT2D eigenvalue weighted by Crippen LogP contribution is 2.58. The average Bonchev–Trinajstić information content (AvgIpc) is 2.64. The van der Waals surface area contributed by atoms with Crippen LogP contribution in [0.1, 0.15) is 68.4 Å². The van der Waals surface area contributed by atoms with Gasteiger partial charge in [-0.2, -0.15) is 0 Å². The van der Waals surface area contributed by atoms with E-state index in [1.54, 1.807) is 7.05 Å². The number of hydrogen-bond acceptors (Lipinski definition) is 5. The molecule has 0 amide bonds. The summed E-state index contributed by atoms with van der Waals surface area (Å²) in [6.07, 6.45) is 0.536. The summed E-state index contributed by atoms with van der Waals surface area (Å²) < 4.78 is 31.4. The molecule has 27 heavy (non-hydrogen) atoms. The number of alkyl halides is 2. The Kier molecular flexibility index (Phi) is 7.83. The third-order valence-corrected chi connectivity index (χ3v) is 5.03. The van der Waals surface area contributed by atoms with Gasteiger partial charge in [0.15, 0.2) is 0 Å². The molecule has 152 valence electrons. The van der Waals surface area contributed by atoms with E-state index >= 15 is 0 Å². The zero-order chi connectivity index (χ0) is 20.8. The fourth-order valence-electron chi connectivity index (χ4n) is 3.63. The van der Waals surface area contributed by atoms with Gasteiger partial charge in [0.2, 0.25) is 5.92 Å². The SMILES string of the molecule is CC.CCC1(CC(NC)c2ccc(C(=O)OC)cc2[N+](=O)[O-])CC(F)(F)C1. The summed E-state index contributed by atoms with van der Waals surface area (Å²) in [5.41, 5.74) is -0.303. The van der Waals surface area contributed by atoms with Gasteiger partial charge in [-0.3, -0.25) is 10.1 Å². The molecule has 0 spiro atoms. The molecule has 1 aliphatic carbocycles. The van der Waals surface area contributed by atoms with Crippen molar-refractivity contribution >= 4 is 11.7 Å². The number of nitrogens with zero attached hydrogens (tertiary/aromatic N) is 1.